The van der Waals surface area contributed by atoms with Crippen LogP contribution in [0.25, 0.3) is 22.2 Å². The summed E-state index contributed by atoms with van der Waals surface area (Å²) in [6.45, 7) is 4.90. The summed E-state index contributed by atoms with van der Waals surface area (Å²) < 4.78 is 6.12. The highest BCUT2D eigenvalue weighted by atomic mass is 35.5. The lowest BCUT2D eigenvalue weighted by molar-refractivity contribution is 0.456. The van der Waals surface area contributed by atoms with Crippen molar-refractivity contribution in [1.29, 1.82) is 0 Å². The average Bonchev–Trinajstić information content (AvgIpc) is 2.99. The van der Waals surface area contributed by atoms with E-state index in [0.29, 0.717) is 17.1 Å². The van der Waals surface area contributed by atoms with Crippen molar-refractivity contribution in [2.75, 3.05) is 24.5 Å². The van der Waals surface area contributed by atoms with E-state index in [2.05, 4.69) is 27.1 Å². The monoisotopic (exact) mass is 328 g/mol. The number of nitrogens with one attached hydrogen (secondary N) is 1. The van der Waals surface area contributed by atoms with Gasteiger partial charge in [-0.3, -0.25) is 4.98 Å². The Hall–Kier alpha value is -2.11. The molecule has 1 N–H and O–H groups in total. The molecular formula is C17H17ClN4O. The van der Waals surface area contributed by atoms with Gasteiger partial charge < -0.3 is 14.6 Å². The summed E-state index contributed by atoms with van der Waals surface area (Å²) in [4.78, 5) is 11.0. The topological polar surface area (TPSA) is 54.2 Å². The number of pyridine rings is 1. The molecule has 2 aromatic heterocycles. The molecule has 0 spiro atoms. The normalized spacial score (nSPS) is 18.5. The van der Waals surface area contributed by atoms with E-state index in [0.717, 1.165) is 41.9 Å². The molecule has 0 bridgehead atoms. The third-order valence-corrected chi connectivity index (χ3v) is 4.38. The Balaban J connectivity index is 1.85. The van der Waals surface area contributed by atoms with Crippen molar-refractivity contribution in [1.82, 2.24) is 15.3 Å². The number of rotatable bonds is 2. The summed E-state index contributed by atoms with van der Waals surface area (Å²) >= 11 is 6.27. The summed E-state index contributed by atoms with van der Waals surface area (Å²) in [6.07, 6.45) is 3.56. The summed E-state index contributed by atoms with van der Waals surface area (Å²) in [5.74, 6) is 0. The number of aromatic nitrogens is 2. The molecule has 1 atom stereocenters. The van der Waals surface area contributed by atoms with Crippen molar-refractivity contribution < 1.29 is 4.42 Å². The van der Waals surface area contributed by atoms with Crippen LogP contribution in [0.15, 0.2) is 41.1 Å². The standard InChI is InChI=1S/C17H17ClN4O/c1-11-9-20-5-6-22(11)17-21-15-8-13(18)7-14(16(15)23-17)12-3-2-4-19-10-12/h2-4,7-8,10-11,20H,5-6,9H2,1H3/t11-/m0/s1. The predicted molar refractivity (Wildman–Crippen MR) is 91.9 cm³/mol. The van der Waals surface area contributed by atoms with Gasteiger partial charge >= 0.3 is 0 Å². The highest BCUT2D eigenvalue weighted by Crippen LogP contribution is 2.34. The number of hydrogen-bond donors (Lipinski definition) is 1. The van der Waals surface area contributed by atoms with Crippen molar-refractivity contribution in [3.8, 4) is 11.1 Å². The summed E-state index contributed by atoms with van der Waals surface area (Å²) in [6, 6.07) is 8.63. The van der Waals surface area contributed by atoms with Crippen LogP contribution in [-0.4, -0.2) is 35.6 Å². The van der Waals surface area contributed by atoms with Gasteiger partial charge in [-0.1, -0.05) is 17.7 Å². The third kappa shape index (κ3) is 2.66. The summed E-state index contributed by atoms with van der Waals surface area (Å²) in [7, 11) is 0. The van der Waals surface area contributed by atoms with Crippen LogP contribution in [0.5, 0.6) is 0 Å². The Morgan fingerprint density at radius 3 is 3.09 bits per heavy atom. The lowest BCUT2D eigenvalue weighted by Gasteiger charge is -2.32. The van der Waals surface area contributed by atoms with Crippen molar-refractivity contribution in [3.63, 3.8) is 0 Å². The fraction of sp³-hybridized carbons (Fsp3) is 0.294. The van der Waals surface area contributed by atoms with Crippen LogP contribution in [0, 0.1) is 0 Å². The minimum absolute atomic E-state index is 0.342. The first-order valence-corrected chi connectivity index (χ1v) is 8.08. The Kier molecular flexibility index (Phi) is 3.67. The fourth-order valence-corrected chi connectivity index (χ4v) is 3.18. The van der Waals surface area contributed by atoms with Gasteiger partial charge in [0.15, 0.2) is 5.58 Å². The molecule has 1 aliphatic heterocycles. The van der Waals surface area contributed by atoms with Crippen molar-refractivity contribution in [3.05, 3.63) is 41.7 Å². The Morgan fingerprint density at radius 1 is 1.39 bits per heavy atom. The molecule has 23 heavy (non-hydrogen) atoms. The molecule has 1 aromatic carbocycles. The smallest absolute Gasteiger partial charge is 0.298 e. The van der Waals surface area contributed by atoms with Crippen LogP contribution in [0.3, 0.4) is 0 Å². The first-order chi connectivity index (χ1) is 11.2. The third-order valence-electron chi connectivity index (χ3n) is 4.16. The molecule has 0 aliphatic carbocycles. The lowest BCUT2D eigenvalue weighted by atomic mass is 10.1. The first-order valence-electron chi connectivity index (χ1n) is 7.70. The second-order valence-electron chi connectivity index (χ2n) is 5.79. The second-order valence-corrected chi connectivity index (χ2v) is 6.22. The van der Waals surface area contributed by atoms with E-state index in [1.165, 1.54) is 0 Å². The quantitative estimate of drug-likeness (QED) is 0.782. The van der Waals surface area contributed by atoms with Crippen LogP contribution < -0.4 is 10.2 Å². The zero-order chi connectivity index (χ0) is 15.8. The molecule has 0 amide bonds. The fourth-order valence-electron chi connectivity index (χ4n) is 2.97. The van der Waals surface area contributed by atoms with Gasteiger partial charge in [-0.15, -0.1) is 0 Å². The van der Waals surface area contributed by atoms with E-state index < -0.39 is 0 Å². The maximum Gasteiger partial charge on any atom is 0.298 e. The van der Waals surface area contributed by atoms with Gasteiger partial charge in [0.1, 0.15) is 5.52 Å². The van der Waals surface area contributed by atoms with Gasteiger partial charge in [0.2, 0.25) is 0 Å². The molecule has 5 nitrogen and oxygen atoms in total. The minimum atomic E-state index is 0.342. The first kappa shape index (κ1) is 14.5. The number of piperazine rings is 1. The van der Waals surface area contributed by atoms with Gasteiger partial charge in [-0.05, 0) is 25.1 Å². The minimum Gasteiger partial charge on any atom is -0.423 e. The number of nitrogens with zero attached hydrogens (tertiary/aromatic N) is 3. The lowest BCUT2D eigenvalue weighted by Crippen LogP contribution is -2.50. The molecule has 3 aromatic rings. The van der Waals surface area contributed by atoms with Gasteiger partial charge in [0.05, 0.1) is 0 Å². The van der Waals surface area contributed by atoms with Gasteiger partial charge in [-0.25, -0.2) is 0 Å². The molecule has 3 heterocycles. The highest BCUT2D eigenvalue weighted by Gasteiger charge is 2.24. The van der Waals surface area contributed by atoms with Crippen LogP contribution >= 0.6 is 11.6 Å². The molecule has 0 saturated carbocycles. The Labute approximate surface area is 139 Å². The number of fused-ring (bicyclic) bond motifs is 1. The van der Waals surface area contributed by atoms with Crippen molar-refractivity contribution in [2.24, 2.45) is 0 Å². The average molecular weight is 329 g/mol. The van der Waals surface area contributed by atoms with Crippen molar-refractivity contribution >= 4 is 28.7 Å². The van der Waals surface area contributed by atoms with Crippen LogP contribution in [-0.2, 0) is 0 Å². The summed E-state index contributed by atoms with van der Waals surface area (Å²) in [5.41, 5.74) is 3.42. The molecular weight excluding hydrogens is 312 g/mol. The van der Waals surface area contributed by atoms with E-state index in [1.807, 2.05) is 24.3 Å². The van der Waals surface area contributed by atoms with Crippen LogP contribution in [0.4, 0.5) is 6.01 Å². The summed E-state index contributed by atoms with van der Waals surface area (Å²) in [5, 5.41) is 4.02. The van der Waals surface area contributed by atoms with Crippen molar-refractivity contribution in [2.45, 2.75) is 13.0 Å². The van der Waals surface area contributed by atoms with E-state index in [9.17, 15) is 0 Å². The van der Waals surface area contributed by atoms with Gasteiger partial charge in [-0.2, -0.15) is 4.98 Å². The molecule has 118 valence electrons. The van der Waals surface area contributed by atoms with Gasteiger partial charge in [0, 0.05) is 54.2 Å². The van der Waals surface area contributed by atoms with Crippen LogP contribution in [0.1, 0.15) is 6.92 Å². The number of oxazole rings is 1. The molecule has 1 fully saturated rings. The molecule has 0 radical (unpaired) electrons. The van der Waals surface area contributed by atoms with E-state index >= 15 is 0 Å². The molecule has 4 rings (SSSR count). The maximum atomic E-state index is 6.27. The Bertz CT molecular complexity index is 833. The molecule has 0 unspecified atom stereocenters. The van der Waals surface area contributed by atoms with E-state index in [-0.39, 0.29) is 0 Å². The number of anilines is 1. The maximum absolute atomic E-state index is 6.27. The zero-order valence-corrected chi connectivity index (χ0v) is 13.5. The second kappa shape index (κ2) is 5.83. The van der Waals surface area contributed by atoms with E-state index in [1.54, 1.807) is 12.4 Å². The number of halogens is 1. The Morgan fingerprint density at radius 2 is 2.30 bits per heavy atom. The van der Waals surface area contributed by atoms with Crippen LogP contribution in [0.2, 0.25) is 5.02 Å². The molecule has 6 heteroatoms. The largest absolute Gasteiger partial charge is 0.423 e. The van der Waals surface area contributed by atoms with E-state index in [4.69, 9.17) is 16.0 Å². The SMILES string of the molecule is C[C@H]1CNCCN1c1nc2cc(Cl)cc(-c3cccnc3)c2o1. The van der Waals surface area contributed by atoms with Gasteiger partial charge in [0.25, 0.3) is 6.01 Å². The molecule has 1 aliphatic rings. The predicted octanol–water partition coefficient (Wildman–Crippen LogP) is 3.34. The number of benzene rings is 1. The zero-order valence-electron chi connectivity index (χ0n) is 12.8. The molecule has 1 saturated heterocycles. The number of hydrogen-bond acceptors (Lipinski definition) is 5. The highest BCUT2D eigenvalue weighted by molar-refractivity contribution is 6.31.